The van der Waals surface area contributed by atoms with E-state index in [1.165, 1.54) is 19.3 Å². The van der Waals surface area contributed by atoms with Crippen LogP contribution in [0, 0.1) is 11.8 Å². The number of carbonyl (C=O) groups excluding carboxylic acids is 1. The van der Waals surface area contributed by atoms with E-state index < -0.39 is 6.29 Å². The number of likely N-dealkylation sites (tertiary alicyclic amines) is 1. The van der Waals surface area contributed by atoms with Gasteiger partial charge in [0.15, 0.2) is 6.29 Å². The van der Waals surface area contributed by atoms with E-state index in [0.29, 0.717) is 25.0 Å². The summed E-state index contributed by atoms with van der Waals surface area (Å²) in [6.45, 7) is 9.56. The van der Waals surface area contributed by atoms with Crippen LogP contribution in [0.25, 0.3) is 0 Å². The Balaban J connectivity index is 1.46. The van der Waals surface area contributed by atoms with Crippen LogP contribution in [0.4, 0.5) is 0 Å². The Morgan fingerprint density at radius 1 is 0.951 bits per heavy atom. The van der Waals surface area contributed by atoms with Gasteiger partial charge in [0.1, 0.15) is 0 Å². The van der Waals surface area contributed by atoms with Gasteiger partial charge in [0.05, 0.1) is 24.9 Å². The van der Waals surface area contributed by atoms with E-state index >= 15 is 0 Å². The molecule has 0 spiro atoms. The van der Waals surface area contributed by atoms with Gasteiger partial charge in [-0.1, -0.05) is 68.3 Å². The Morgan fingerprint density at radius 2 is 1.61 bits per heavy atom. The molecule has 1 amide bonds. The third kappa shape index (κ3) is 7.03. The first-order chi connectivity index (χ1) is 19.7. The predicted octanol–water partition coefficient (Wildman–Crippen LogP) is 5.37. The number of nitrogens with two attached hydrogens (primary N) is 1. The van der Waals surface area contributed by atoms with Gasteiger partial charge in [-0.15, -0.1) is 0 Å². The number of hydrogen-bond donors (Lipinski definition) is 3. The second kappa shape index (κ2) is 12.9. The van der Waals surface area contributed by atoms with Crippen LogP contribution in [0.3, 0.4) is 0 Å². The number of ether oxygens (including phenoxy) is 2. The summed E-state index contributed by atoms with van der Waals surface area (Å²) in [5, 5.41) is 12.9. The van der Waals surface area contributed by atoms with Gasteiger partial charge in [0, 0.05) is 36.2 Å². The molecule has 0 unspecified atom stereocenters. The molecule has 41 heavy (non-hydrogen) atoms. The molecule has 2 heterocycles. The van der Waals surface area contributed by atoms with E-state index in [-0.39, 0.29) is 42.2 Å². The highest BCUT2D eigenvalue weighted by atomic mass is 16.7. The fourth-order valence-corrected chi connectivity index (χ4v) is 7.07. The number of nitrogens with one attached hydrogen (secondary N) is 1. The Morgan fingerprint density at radius 3 is 2.27 bits per heavy atom. The SMILES string of the molecule is C[C@H]1[C@@H](CN2[C@@H](C(=O)NC(C)(C)C)CC[C@H]3CCCC[C@H]32)O[C@@H](c2ccc(CN)cc2)O[C@H]1c1ccc(CO)cc1. The molecule has 3 fully saturated rings. The summed E-state index contributed by atoms with van der Waals surface area (Å²) < 4.78 is 13.5. The van der Waals surface area contributed by atoms with Gasteiger partial charge in [-0.05, 0) is 69.1 Å². The molecule has 2 aromatic rings. The molecule has 7 atom stereocenters. The standard InChI is InChI=1S/C34H49N3O4/c1-22-30(20-37-28-8-6-5-7-25(28)17-18-29(37)32(39)36-34(2,3)4)40-33(27-15-9-23(19-35)10-16-27)41-31(22)26-13-11-24(21-38)12-14-26/h9-16,22,25,28-31,33,38H,5-8,17-21,35H2,1-4H3,(H,36,39)/t22-,25+,28+,29+,30+,31+,33+/m0/s1. The van der Waals surface area contributed by atoms with Crippen LogP contribution in [0.5, 0.6) is 0 Å². The smallest absolute Gasteiger partial charge is 0.237 e. The number of aliphatic hydroxyl groups is 1. The number of benzene rings is 2. The van der Waals surface area contributed by atoms with Gasteiger partial charge in [-0.25, -0.2) is 0 Å². The van der Waals surface area contributed by atoms with Crippen molar-refractivity contribution in [2.45, 2.75) is 115 Å². The van der Waals surface area contributed by atoms with Gasteiger partial charge in [0.25, 0.3) is 0 Å². The average Bonchev–Trinajstić information content (AvgIpc) is 2.97. The third-order valence-electron chi connectivity index (χ3n) is 9.31. The summed E-state index contributed by atoms with van der Waals surface area (Å²) in [7, 11) is 0. The van der Waals surface area contributed by atoms with Crippen LogP contribution in [-0.4, -0.2) is 46.2 Å². The Kier molecular flexibility index (Phi) is 9.51. The summed E-state index contributed by atoms with van der Waals surface area (Å²) in [4.78, 5) is 16.2. The van der Waals surface area contributed by atoms with Crippen molar-refractivity contribution in [3.8, 4) is 0 Å². The largest absolute Gasteiger partial charge is 0.392 e. The Bertz CT molecular complexity index is 1150. The van der Waals surface area contributed by atoms with Crippen molar-refractivity contribution in [3.63, 3.8) is 0 Å². The molecule has 7 heteroatoms. The van der Waals surface area contributed by atoms with E-state index in [9.17, 15) is 9.90 Å². The molecule has 7 nitrogen and oxygen atoms in total. The quantitative estimate of drug-likeness (QED) is 0.419. The second-order valence-corrected chi connectivity index (χ2v) is 13.4. The van der Waals surface area contributed by atoms with Crippen LogP contribution in [0.1, 0.15) is 101 Å². The lowest BCUT2D eigenvalue weighted by Crippen LogP contribution is -2.61. The lowest BCUT2D eigenvalue weighted by Gasteiger charge is -2.51. The minimum Gasteiger partial charge on any atom is -0.392 e. The Hall–Kier alpha value is -2.29. The maximum atomic E-state index is 13.7. The van der Waals surface area contributed by atoms with Crippen molar-refractivity contribution in [3.05, 3.63) is 70.8 Å². The highest BCUT2D eigenvalue weighted by Gasteiger charge is 2.46. The van der Waals surface area contributed by atoms with Gasteiger partial charge in [-0.2, -0.15) is 0 Å². The molecule has 1 saturated carbocycles. The lowest BCUT2D eigenvalue weighted by molar-refractivity contribution is -0.278. The predicted molar refractivity (Wildman–Crippen MR) is 161 cm³/mol. The van der Waals surface area contributed by atoms with Gasteiger partial charge in [-0.3, -0.25) is 9.69 Å². The molecular weight excluding hydrogens is 514 g/mol. The number of carbonyl (C=O) groups is 1. The molecule has 2 aliphatic heterocycles. The molecule has 0 bridgehead atoms. The van der Waals surface area contributed by atoms with E-state index in [2.05, 4.69) is 50.0 Å². The fraction of sp³-hybridized carbons (Fsp3) is 0.618. The highest BCUT2D eigenvalue weighted by Crippen LogP contribution is 2.44. The summed E-state index contributed by atoms with van der Waals surface area (Å²) in [5.41, 5.74) is 9.56. The van der Waals surface area contributed by atoms with Crippen LogP contribution >= 0.6 is 0 Å². The number of rotatable bonds is 7. The zero-order chi connectivity index (χ0) is 29.1. The molecule has 5 rings (SSSR count). The van der Waals surface area contributed by atoms with Crippen LogP contribution in [-0.2, 0) is 27.4 Å². The van der Waals surface area contributed by atoms with Crippen molar-refractivity contribution in [2.24, 2.45) is 17.6 Å². The number of aliphatic hydroxyl groups excluding tert-OH is 1. The van der Waals surface area contributed by atoms with Crippen LogP contribution in [0.15, 0.2) is 48.5 Å². The first-order valence-corrected chi connectivity index (χ1v) is 15.5. The molecule has 3 aliphatic rings. The van der Waals surface area contributed by atoms with E-state index in [1.54, 1.807) is 0 Å². The van der Waals surface area contributed by atoms with Gasteiger partial charge in [0.2, 0.25) is 5.91 Å². The van der Waals surface area contributed by atoms with Crippen molar-refractivity contribution in [1.29, 1.82) is 0 Å². The number of hydrogen-bond acceptors (Lipinski definition) is 6. The zero-order valence-corrected chi connectivity index (χ0v) is 25.2. The molecule has 0 radical (unpaired) electrons. The summed E-state index contributed by atoms with van der Waals surface area (Å²) in [6.07, 6.45) is 6.04. The number of fused-ring (bicyclic) bond motifs is 1. The summed E-state index contributed by atoms with van der Waals surface area (Å²) in [6, 6.07) is 16.4. The zero-order valence-electron chi connectivity index (χ0n) is 25.2. The van der Waals surface area contributed by atoms with Crippen LogP contribution < -0.4 is 11.1 Å². The monoisotopic (exact) mass is 563 g/mol. The molecule has 0 aromatic heterocycles. The minimum absolute atomic E-state index is 0.0126. The average molecular weight is 564 g/mol. The highest BCUT2D eigenvalue weighted by molar-refractivity contribution is 5.82. The first kappa shape index (κ1) is 30.2. The topological polar surface area (TPSA) is 97.1 Å². The maximum Gasteiger partial charge on any atom is 0.237 e. The van der Waals surface area contributed by atoms with Crippen molar-refractivity contribution < 1.29 is 19.4 Å². The lowest BCUT2D eigenvalue weighted by atomic mass is 9.75. The third-order valence-corrected chi connectivity index (χ3v) is 9.31. The second-order valence-electron chi connectivity index (χ2n) is 13.4. The number of piperidine rings is 1. The van der Waals surface area contributed by atoms with Crippen molar-refractivity contribution in [2.75, 3.05) is 6.54 Å². The normalized spacial score (nSPS) is 30.9. The molecular formula is C34H49N3O4. The van der Waals surface area contributed by atoms with Gasteiger partial charge < -0.3 is 25.6 Å². The van der Waals surface area contributed by atoms with E-state index in [1.807, 2.05) is 36.4 Å². The van der Waals surface area contributed by atoms with Gasteiger partial charge >= 0.3 is 0 Å². The molecule has 224 valence electrons. The van der Waals surface area contributed by atoms with Crippen LogP contribution in [0.2, 0.25) is 0 Å². The van der Waals surface area contributed by atoms with E-state index in [4.69, 9.17) is 15.2 Å². The minimum atomic E-state index is -0.528. The number of amides is 1. The van der Waals surface area contributed by atoms with E-state index in [0.717, 1.165) is 41.5 Å². The Labute approximate surface area is 245 Å². The summed E-state index contributed by atoms with van der Waals surface area (Å²) >= 11 is 0. The molecule has 2 aromatic carbocycles. The molecule has 1 aliphatic carbocycles. The fourth-order valence-electron chi connectivity index (χ4n) is 7.07. The molecule has 4 N–H and O–H groups in total. The molecule has 2 saturated heterocycles. The maximum absolute atomic E-state index is 13.7. The number of nitrogens with zero attached hydrogens (tertiary/aromatic N) is 1. The summed E-state index contributed by atoms with van der Waals surface area (Å²) in [5.74, 6) is 0.829. The first-order valence-electron chi connectivity index (χ1n) is 15.5. The van der Waals surface area contributed by atoms with Crippen molar-refractivity contribution in [1.82, 2.24) is 10.2 Å². The van der Waals surface area contributed by atoms with Crippen molar-refractivity contribution >= 4 is 5.91 Å².